The van der Waals surface area contributed by atoms with Gasteiger partial charge in [0.2, 0.25) is 0 Å². The van der Waals surface area contributed by atoms with E-state index in [1.54, 1.807) is 36.4 Å². The number of hydrogen-bond donors (Lipinski definition) is 2. The minimum atomic E-state index is -3.59. The van der Waals surface area contributed by atoms with Crippen LogP contribution in [0.2, 0.25) is 5.02 Å². The van der Waals surface area contributed by atoms with Crippen molar-refractivity contribution >= 4 is 27.3 Å². The molecule has 0 radical (unpaired) electrons. The first-order chi connectivity index (χ1) is 12.0. The number of nitrogens with zero attached hydrogens (tertiary/aromatic N) is 1. The van der Waals surface area contributed by atoms with Crippen molar-refractivity contribution in [3.05, 3.63) is 64.7 Å². The van der Waals surface area contributed by atoms with Gasteiger partial charge in [0.1, 0.15) is 11.1 Å². The van der Waals surface area contributed by atoms with Gasteiger partial charge in [-0.1, -0.05) is 41.4 Å². The zero-order valence-electron chi connectivity index (χ0n) is 13.9. The first-order valence-electron chi connectivity index (χ1n) is 8.06. The third kappa shape index (κ3) is 4.14. The van der Waals surface area contributed by atoms with Crippen molar-refractivity contribution in [3.63, 3.8) is 0 Å². The molecular formula is C18H20ClN3O2S. The van der Waals surface area contributed by atoms with Crippen LogP contribution in [0.5, 0.6) is 0 Å². The van der Waals surface area contributed by atoms with Crippen molar-refractivity contribution in [1.82, 2.24) is 10.7 Å². The summed E-state index contributed by atoms with van der Waals surface area (Å²) in [6.07, 6.45) is 0.320. The number of rotatable bonds is 5. The molecule has 0 spiro atoms. The zero-order valence-corrected chi connectivity index (χ0v) is 15.4. The molecule has 0 aliphatic carbocycles. The highest BCUT2D eigenvalue weighted by molar-refractivity contribution is 7.92. The van der Waals surface area contributed by atoms with Gasteiger partial charge in [-0.25, -0.2) is 8.42 Å². The second-order valence-electron chi connectivity index (χ2n) is 6.01. The topological polar surface area (TPSA) is 70.6 Å². The van der Waals surface area contributed by atoms with Gasteiger partial charge in [0, 0.05) is 11.6 Å². The molecule has 2 aromatic rings. The van der Waals surface area contributed by atoms with Crippen molar-refractivity contribution in [2.45, 2.75) is 23.5 Å². The van der Waals surface area contributed by atoms with Gasteiger partial charge in [0.15, 0.2) is 9.84 Å². The van der Waals surface area contributed by atoms with Crippen molar-refractivity contribution < 1.29 is 8.42 Å². The predicted octanol–water partition coefficient (Wildman–Crippen LogP) is 2.54. The van der Waals surface area contributed by atoms with E-state index < -0.39 is 15.1 Å². The number of hydrogen-bond acceptors (Lipinski definition) is 5. The molecule has 0 saturated carbocycles. The molecule has 1 aliphatic heterocycles. The number of hydrazone groups is 1. The lowest BCUT2D eigenvalue weighted by atomic mass is 10.1. The Morgan fingerprint density at radius 3 is 2.36 bits per heavy atom. The van der Waals surface area contributed by atoms with Crippen LogP contribution in [0.3, 0.4) is 0 Å². The minimum Gasteiger partial charge on any atom is -0.369 e. The van der Waals surface area contributed by atoms with Crippen LogP contribution in [0.4, 0.5) is 0 Å². The largest absolute Gasteiger partial charge is 0.369 e. The quantitative estimate of drug-likeness (QED) is 0.840. The van der Waals surface area contributed by atoms with Crippen molar-refractivity contribution in [2.75, 3.05) is 13.1 Å². The maximum atomic E-state index is 13.2. The van der Waals surface area contributed by atoms with Crippen LogP contribution in [-0.2, 0) is 16.3 Å². The summed E-state index contributed by atoms with van der Waals surface area (Å²) in [6.45, 7) is 3.24. The van der Waals surface area contributed by atoms with Gasteiger partial charge in [0.05, 0.1) is 11.4 Å². The molecular weight excluding hydrogens is 358 g/mol. The summed E-state index contributed by atoms with van der Waals surface area (Å²) >= 11 is 5.93. The summed E-state index contributed by atoms with van der Waals surface area (Å²) in [5, 5.41) is 7.16. The number of halogens is 1. The van der Waals surface area contributed by atoms with Crippen LogP contribution in [-0.4, -0.2) is 32.6 Å². The first-order valence-corrected chi connectivity index (χ1v) is 9.98. The second kappa shape index (κ2) is 7.45. The van der Waals surface area contributed by atoms with E-state index in [4.69, 9.17) is 11.6 Å². The first kappa shape index (κ1) is 17.8. The maximum Gasteiger partial charge on any atom is 0.188 e. The molecule has 0 fully saturated rings. The third-order valence-corrected chi connectivity index (χ3v) is 6.43. The molecule has 1 heterocycles. The highest BCUT2D eigenvalue weighted by Crippen LogP contribution is 2.22. The Bertz CT molecular complexity index is 862. The molecule has 3 rings (SSSR count). The lowest BCUT2D eigenvalue weighted by molar-refractivity contribution is 0.584. The Morgan fingerprint density at radius 2 is 1.76 bits per heavy atom. The molecule has 0 bridgehead atoms. The van der Waals surface area contributed by atoms with Crippen LogP contribution < -0.4 is 10.7 Å². The normalized spacial score (nSPS) is 15.7. The molecule has 1 unspecified atom stereocenters. The van der Waals surface area contributed by atoms with E-state index in [-0.39, 0.29) is 0 Å². The maximum absolute atomic E-state index is 13.2. The van der Waals surface area contributed by atoms with E-state index in [1.165, 1.54) is 0 Å². The summed E-state index contributed by atoms with van der Waals surface area (Å²) in [5.41, 5.74) is 4.79. The molecule has 5 nitrogen and oxygen atoms in total. The summed E-state index contributed by atoms with van der Waals surface area (Å²) in [7, 11) is -3.59. The van der Waals surface area contributed by atoms with Gasteiger partial charge in [-0.3, -0.25) is 0 Å². The van der Waals surface area contributed by atoms with Gasteiger partial charge in [-0.15, -0.1) is 0 Å². The van der Waals surface area contributed by atoms with Crippen LogP contribution in [0.1, 0.15) is 11.1 Å². The molecule has 1 aliphatic rings. The average molecular weight is 378 g/mol. The summed E-state index contributed by atoms with van der Waals surface area (Å²) in [5.74, 6) is 0.446. The molecule has 132 valence electrons. The van der Waals surface area contributed by atoms with Crippen molar-refractivity contribution in [3.8, 4) is 0 Å². The fourth-order valence-corrected chi connectivity index (χ4v) is 4.50. The van der Waals surface area contributed by atoms with Crippen LogP contribution in [0.15, 0.2) is 58.5 Å². The fourth-order valence-electron chi connectivity index (χ4n) is 2.69. The van der Waals surface area contributed by atoms with E-state index in [1.807, 2.05) is 19.1 Å². The van der Waals surface area contributed by atoms with Crippen molar-refractivity contribution in [2.24, 2.45) is 5.10 Å². The lowest BCUT2D eigenvalue weighted by Gasteiger charge is -2.24. The number of sulfone groups is 1. The molecule has 0 saturated heterocycles. The van der Waals surface area contributed by atoms with Crippen LogP contribution >= 0.6 is 11.6 Å². The Hall–Kier alpha value is -2.05. The van der Waals surface area contributed by atoms with Gasteiger partial charge in [-0.05, 0) is 43.2 Å². The molecule has 1 atom stereocenters. The van der Waals surface area contributed by atoms with E-state index >= 15 is 0 Å². The highest BCUT2D eigenvalue weighted by atomic mass is 35.5. The molecule has 25 heavy (non-hydrogen) atoms. The number of nitrogens with one attached hydrogen (secondary N) is 2. The Balaban J connectivity index is 1.99. The Morgan fingerprint density at radius 1 is 1.08 bits per heavy atom. The highest BCUT2D eigenvalue weighted by Gasteiger charge is 2.33. The van der Waals surface area contributed by atoms with Crippen LogP contribution in [0.25, 0.3) is 0 Å². The van der Waals surface area contributed by atoms with E-state index in [0.717, 1.165) is 11.1 Å². The molecule has 2 N–H and O–H groups in total. The van der Waals surface area contributed by atoms with Gasteiger partial charge in [0.25, 0.3) is 0 Å². The summed E-state index contributed by atoms with van der Waals surface area (Å²) in [4.78, 5) is 0.298. The Kier molecular flexibility index (Phi) is 5.30. The standard InChI is InChI=1S/C18H20ClN3O2S/c1-13-2-8-16(9-3-13)25(23,24)17(18-20-10-11-21-22-18)12-14-4-6-15(19)7-5-14/h2-9,17,21H,10-12H2,1H3,(H,20,22). The van der Waals surface area contributed by atoms with Crippen molar-refractivity contribution in [1.29, 1.82) is 0 Å². The molecule has 0 aromatic heterocycles. The molecule has 2 aromatic carbocycles. The fraction of sp³-hybridized carbons (Fsp3) is 0.278. The number of amidine groups is 1. The zero-order chi connectivity index (χ0) is 17.9. The minimum absolute atomic E-state index is 0.298. The van der Waals surface area contributed by atoms with Gasteiger partial charge in [-0.2, -0.15) is 5.10 Å². The molecule has 7 heteroatoms. The average Bonchev–Trinajstić information content (AvgIpc) is 2.62. The van der Waals surface area contributed by atoms with E-state index in [2.05, 4.69) is 15.8 Å². The van der Waals surface area contributed by atoms with E-state index in [0.29, 0.717) is 35.3 Å². The summed E-state index contributed by atoms with van der Waals surface area (Å²) in [6, 6.07) is 14.1. The monoisotopic (exact) mass is 377 g/mol. The van der Waals surface area contributed by atoms with E-state index in [9.17, 15) is 8.42 Å². The molecule has 0 amide bonds. The van der Waals surface area contributed by atoms with Gasteiger partial charge < -0.3 is 10.7 Å². The SMILES string of the molecule is Cc1ccc(S(=O)(=O)C(Cc2ccc(Cl)cc2)C2=NNCCN2)cc1. The van der Waals surface area contributed by atoms with Crippen LogP contribution in [0, 0.1) is 6.92 Å². The number of aryl methyl sites for hydroxylation is 1. The predicted molar refractivity (Wildman–Crippen MR) is 101 cm³/mol. The van der Waals surface area contributed by atoms with Gasteiger partial charge >= 0.3 is 0 Å². The smallest absolute Gasteiger partial charge is 0.188 e. The third-order valence-electron chi connectivity index (χ3n) is 4.11. The Labute approximate surface area is 153 Å². The summed E-state index contributed by atoms with van der Waals surface area (Å²) < 4.78 is 26.5. The second-order valence-corrected chi connectivity index (χ2v) is 8.58. The lowest BCUT2D eigenvalue weighted by Crippen LogP contribution is -2.47. The number of benzene rings is 2.